The van der Waals surface area contributed by atoms with Gasteiger partial charge in [-0.2, -0.15) is 5.10 Å². The molecule has 0 spiro atoms. The van der Waals surface area contributed by atoms with Crippen LogP contribution in [0.5, 0.6) is 0 Å². The van der Waals surface area contributed by atoms with Crippen LogP contribution in [0.25, 0.3) is 0 Å². The van der Waals surface area contributed by atoms with Gasteiger partial charge >= 0.3 is 0 Å². The third-order valence-electron chi connectivity index (χ3n) is 1.86. The van der Waals surface area contributed by atoms with E-state index in [1.54, 1.807) is 17.6 Å². The van der Waals surface area contributed by atoms with Gasteiger partial charge in [0.2, 0.25) is 5.91 Å². The van der Waals surface area contributed by atoms with E-state index >= 15 is 0 Å². The summed E-state index contributed by atoms with van der Waals surface area (Å²) in [6.45, 7) is 0. The lowest BCUT2D eigenvalue weighted by Crippen LogP contribution is -2.18. The van der Waals surface area contributed by atoms with Crippen LogP contribution in [0.15, 0.2) is 22.6 Å². The molecule has 0 radical (unpaired) electrons. The first-order valence-corrected chi connectivity index (χ1v) is 5.10. The standard InChI is InChI=1S/C9H10N2OS/c12-9(7-3-4-7)11-10-6-8-2-1-5-13-8/h1-2,5-7H,3-4H2,(H,11,12). The quantitative estimate of drug-likeness (QED) is 0.576. The number of hydrogen-bond donors (Lipinski definition) is 1. The molecule has 1 aromatic heterocycles. The molecule has 3 nitrogen and oxygen atoms in total. The monoisotopic (exact) mass is 194 g/mol. The summed E-state index contributed by atoms with van der Waals surface area (Å²) in [6, 6.07) is 3.91. The normalized spacial score (nSPS) is 16.3. The number of amides is 1. The fraction of sp³-hybridized carbons (Fsp3) is 0.333. The number of thiophene rings is 1. The highest BCUT2D eigenvalue weighted by atomic mass is 32.1. The third kappa shape index (κ3) is 2.39. The Labute approximate surface area is 80.5 Å². The summed E-state index contributed by atoms with van der Waals surface area (Å²) in [6.07, 6.45) is 3.70. The maximum absolute atomic E-state index is 11.1. The molecule has 1 saturated carbocycles. The second kappa shape index (κ2) is 3.70. The molecule has 0 atom stereocenters. The van der Waals surface area contributed by atoms with Crippen LogP contribution in [0.3, 0.4) is 0 Å². The maximum Gasteiger partial charge on any atom is 0.243 e. The van der Waals surface area contributed by atoms with Gasteiger partial charge in [0.05, 0.1) is 6.21 Å². The largest absolute Gasteiger partial charge is 0.273 e. The molecule has 68 valence electrons. The van der Waals surface area contributed by atoms with Crippen molar-refractivity contribution in [3.63, 3.8) is 0 Å². The highest BCUT2D eigenvalue weighted by Gasteiger charge is 2.29. The minimum Gasteiger partial charge on any atom is -0.273 e. The van der Waals surface area contributed by atoms with E-state index < -0.39 is 0 Å². The third-order valence-corrected chi connectivity index (χ3v) is 2.66. The van der Waals surface area contributed by atoms with Crippen molar-refractivity contribution >= 4 is 23.5 Å². The Balaban J connectivity index is 1.81. The number of hydrazone groups is 1. The van der Waals surface area contributed by atoms with Crippen LogP contribution in [0.1, 0.15) is 17.7 Å². The molecular weight excluding hydrogens is 184 g/mol. The zero-order valence-corrected chi connectivity index (χ0v) is 7.88. The fourth-order valence-electron chi connectivity index (χ4n) is 0.961. The molecule has 1 fully saturated rings. The van der Waals surface area contributed by atoms with E-state index in [0.717, 1.165) is 17.7 Å². The van der Waals surface area contributed by atoms with Crippen molar-refractivity contribution in [3.8, 4) is 0 Å². The molecular formula is C9H10N2OS. The van der Waals surface area contributed by atoms with Crippen LogP contribution in [0.4, 0.5) is 0 Å². The number of rotatable bonds is 3. The van der Waals surface area contributed by atoms with Gasteiger partial charge < -0.3 is 0 Å². The van der Waals surface area contributed by atoms with Crippen LogP contribution in [-0.2, 0) is 4.79 Å². The molecule has 1 aliphatic rings. The average molecular weight is 194 g/mol. The van der Waals surface area contributed by atoms with Crippen molar-refractivity contribution in [2.75, 3.05) is 0 Å². The van der Waals surface area contributed by atoms with E-state index in [4.69, 9.17) is 0 Å². The summed E-state index contributed by atoms with van der Waals surface area (Å²) in [5, 5.41) is 5.84. The van der Waals surface area contributed by atoms with Crippen molar-refractivity contribution in [3.05, 3.63) is 22.4 Å². The smallest absolute Gasteiger partial charge is 0.243 e. The van der Waals surface area contributed by atoms with E-state index in [0.29, 0.717) is 0 Å². The van der Waals surface area contributed by atoms with Gasteiger partial charge in [0.25, 0.3) is 0 Å². The lowest BCUT2D eigenvalue weighted by Gasteiger charge is -1.93. The minimum absolute atomic E-state index is 0.0489. The molecule has 0 unspecified atom stereocenters. The summed E-state index contributed by atoms with van der Waals surface area (Å²) in [5.74, 6) is 0.272. The van der Waals surface area contributed by atoms with Gasteiger partial charge in [-0.1, -0.05) is 6.07 Å². The van der Waals surface area contributed by atoms with Crippen molar-refractivity contribution in [1.29, 1.82) is 0 Å². The maximum atomic E-state index is 11.1. The molecule has 1 heterocycles. The predicted octanol–water partition coefficient (Wildman–Crippen LogP) is 1.61. The van der Waals surface area contributed by atoms with Gasteiger partial charge in [-0.15, -0.1) is 11.3 Å². The summed E-state index contributed by atoms with van der Waals surface area (Å²) in [5.41, 5.74) is 2.52. The molecule has 2 rings (SSSR count). The number of nitrogens with zero attached hydrogens (tertiary/aromatic N) is 1. The Morgan fingerprint density at radius 2 is 2.54 bits per heavy atom. The first-order chi connectivity index (χ1) is 6.36. The first-order valence-electron chi connectivity index (χ1n) is 4.22. The van der Waals surface area contributed by atoms with E-state index in [2.05, 4.69) is 10.5 Å². The summed E-state index contributed by atoms with van der Waals surface area (Å²) < 4.78 is 0. The lowest BCUT2D eigenvalue weighted by molar-refractivity contribution is -0.122. The van der Waals surface area contributed by atoms with Crippen LogP contribution < -0.4 is 5.43 Å². The van der Waals surface area contributed by atoms with Crippen molar-refractivity contribution < 1.29 is 4.79 Å². The lowest BCUT2D eigenvalue weighted by atomic mass is 10.4. The highest BCUT2D eigenvalue weighted by molar-refractivity contribution is 7.11. The van der Waals surface area contributed by atoms with E-state index in [1.807, 2.05) is 17.5 Å². The van der Waals surface area contributed by atoms with Gasteiger partial charge in [-0.25, -0.2) is 5.43 Å². The van der Waals surface area contributed by atoms with E-state index in [-0.39, 0.29) is 11.8 Å². The molecule has 0 aromatic carbocycles. The summed E-state index contributed by atoms with van der Waals surface area (Å²) in [4.78, 5) is 12.2. The van der Waals surface area contributed by atoms with Crippen LogP contribution in [0, 0.1) is 5.92 Å². The Bertz CT molecular complexity index is 314. The molecule has 0 aliphatic heterocycles. The molecule has 13 heavy (non-hydrogen) atoms. The van der Waals surface area contributed by atoms with Gasteiger partial charge in [0.15, 0.2) is 0 Å². The number of carbonyl (C=O) groups excluding carboxylic acids is 1. The predicted molar refractivity (Wildman–Crippen MR) is 52.8 cm³/mol. The summed E-state index contributed by atoms with van der Waals surface area (Å²) in [7, 11) is 0. The number of nitrogens with one attached hydrogen (secondary N) is 1. The van der Waals surface area contributed by atoms with E-state index in [1.165, 1.54) is 0 Å². The Kier molecular flexibility index (Phi) is 2.40. The number of hydrogen-bond acceptors (Lipinski definition) is 3. The van der Waals surface area contributed by atoms with Crippen LogP contribution in [0.2, 0.25) is 0 Å². The van der Waals surface area contributed by atoms with Crippen molar-refractivity contribution in [2.45, 2.75) is 12.8 Å². The molecule has 1 aliphatic carbocycles. The topological polar surface area (TPSA) is 41.5 Å². The Morgan fingerprint density at radius 1 is 1.69 bits per heavy atom. The molecule has 1 amide bonds. The molecule has 1 aromatic rings. The highest BCUT2D eigenvalue weighted by Crippen LogP contribution is 2.28. The second-order valence-electron chi connectivity index (χ2n) is 3.02. The van der Waals surface area contributed by atoms with Crippen LogP contribution >= 0.6 is 11.3 Å². The molecule has 4 heteroatoms. The number of carbonyl (C=O) groups is 1. The summed E-state index contributed by atoms with van der Waals surface area (Å²) >= 11 is 1.60. The molecule has 1 N–H and O–H groups in total. The van der Waals surface area contributed by atoms with Gasteiger partial charge in [-0.05, 0) is 24.3 Å². The van der Waals surface area contributed by atoms with Gasteiger partial charge in [-0.3, -0.25) is 4.79 Å². The fourth-order valence-corrected chi connectivity index (χ4v) is 1.55. The Morgan fingerprint density at radius 3 is 3.15 bits per heavy atom. The average Bonchev–Trinajstić information content (AvgIpc) is 2.86. The minimum atomic E-state index is 0.0489. The molecule has 0 saturated heterocycles. The Hall–Kier alpha value is -1.16. The van der Waals surface area contributed by atoms with Gasteiger partial charge in [0.1, 0.15) is 0 Å². The second-order valence-corrected chi connectivity index (χ2v) is 4.00. The van der Waals surface area contributed by atoms with Crippen LogP contribution in [-0.4, -0.2) is 12.1 Å². The van der Waals surface area contributed by atoms with Gasteiger partial charge in [0, 0.05) is 10.8 Å². The first kappa shape index (κ1) is 8.44. The zero-order valence-electron chi connectivity index (χ0n) is 7.06. The van der Waals surface area contributed by atoms with Crippen molar-refractivity contribution in [2.24, 2.45) is 11.0 Å². The van der Waals surface area contributed by atoms with Crippen molar-refractivity contribution in [1.82, 2.24) is 5.43 Å². The van der Waals surface area contributed by atoms with E-state index in [9.17, 15) is 4.79 Å². The zero-order chi connectivity index (χ0) is 9.10. The SMILES string of the molecule is O=C(NN=Cc1cccs1)C1CC1. The molecule has 0 bridgehead atoms.